The minimum atomic E-state index is -0.419. The van der Waals surface area contributed by atoms with Crippen molar-refractivity contribution in [2.45, 2.75) is 23.4 Å². The van der Waals surface area contributed by atoms with Crippen molar-refractivity contribution in [1.29, 1.82) is 0 Å². The van der Waals surface area contributed by atoms with Gasteiger partial charge in [0, 0.05) is 11.5 Å². The van der Waals surface area contributed by atoms with Gasteiger partial charge in [-0.25, -0.2) is 0 Å². The Balaban J connectivity index is 2.27. The highest BCUT2D eigenvalue weighted by Gasteiger charge is 2.32. The number of aldehydes is 1. The van der Waals surface area contributed by atoms with E-state index in [1.54, 1.807) is 11.8 Å². The molecule has 0 radical (unpaired) electrons. The molecule has 74 valence electrons. The first-order chi connectivity index (χ1) is 6.20. The Morgan fingerprint density at radius 2 is 2.62 bits per heavy atom. The summed E-state index contributed by atoms with van der Waals surface area (Å²) in [4.78, 5) is 11.8. The molecule has 0 aromatic heterocycles. The fraction of sp³-hybridized carbons (Fsp3) is 0.667. The van der Waals surface area contributed by atoms with Crippen molar-refractivity contribution < 1.29 is 9.53 Å². The third-order valence-electron chi connectivity index (χ3n) is 1.68. The summed E-state index contributed by atoms with van der Waals surface area (Å²) in [6.07, 6.45) is 4.79. The first-order valence-electron chi connectivity index (χ1n) is 4.31. The summed E-state index contributed by atoms with van der Waals surface area (Å²) < 4.78 is 4.96. The molecule has 1 aliphatic rings. The first kappa shape index (κ1) is 11.3. The molecule has 1 heterocycles. The van der Waals surface area contributed by atoms with Crippen LogP contribution in [0.15, 0.2) is 11.0 Å². The van der Waals surface area contributed by atoms with Crippen molar-refractivity contribution in [3.63, 3.8) is 0 Å². The second-order valence-corrected chi connectivity index (χ2v) is 6.33. The maximum atomic E-state index is 10.7. The van der Waals surface area contributed by atoms with Crippen molar-refractivity contribution in [2.24, 2.45) is 0 Å². The van der Waals surface area contributed by atoms with Crippen LogP contribution in [0.1, 0.15) is 19.8 Å². The molecule has 4 heteroatoms. The van der Waals surface area contributed by atoms with Gasteiger partial charge in [-0.1, -0.05) is 28.9 Å². The third-order valence-corrected chi connectivity index (χ3v) is 3.82. The van der Waals surface area contributed by atoms with E-state index < -0.39 is 3.66 Å². The van der Waals surface area contributed by atoms with E-state index in [1.165, 1.54) is 0 Å². The second-order valence-electron chi connectivity index (χ2n) is 2.93. The normalized spacial score (nSPS) is 27.4. The molecule has 0 aliphatic carbocycles. The SMILES string of the molecule is CCCOCC1=CCC(Br)(C=O)S1. The zero-order chi connectivity index (χ0) is 9.73. The number of thioether (sulfide) groups is 1. The fourth-order valence-electron chi connectivity index (χ4n) is 1.03. The molecular weight excluding hydrogens is 252 g/mol. The maximum absolute atomic E-state index is 10.7. The second kappa shape index (κ2) is 5.17. The molecule has 1 atom stereocenters. The number of carbonyl (C=O) groups is 1. The van der Waals surface area contributed by atoms with Gasteiger partial charge in [0.15, 0.2) is 0 Å². The maximum Gasteiger partial charge on any atom is 0.147 e. The summed E-state index contributed by atoms with van der Waals surface area (Å²) in [7, 11) is 0. The largest absolute Gasteiger partial charge is 0.376 e. The van der Waals surface area contributed by atoms with Gasteiger partial charge in [-0.15, -0.1) is 11.8 Å². The monoisotopic (exact) mass is 264 g/mol. The Labute approximate surface area is 91.2 Å². The third kappa shape index (κ3) is 3.44. The number of carbonyl (C=O) groups excluding carboxylic acids is 1. The van der Waals surface area contributed by atoms with Crippen molar-refractivity contribution >= 4 is 34.0 Å². The van der Waals surface area contributed by atoms with Gasteiger partial charge < -0.3 is 9.53 Å². The van der Waals surface area contributed by atoms with E-state index in [0.29, 0.717) is 6.61 Å². The van der Waals surface area contributed by atoms with Crippen molar-refractivity contribution in [2.75, 3.05) is 13.2 Å². The van der Waals surface area contributed by atoms with Gasteiger partial charge in [-0.2, -0.15) is 0 Å². The molecule has 0 fully saturated rings. The van der Waals surface area contributed by atoms with E-state index in [1.807, 2.05) is 0 Å². The molecule has 0 aromatic carbocycles. The van der Waals surface area contributed by atoms with Gasteiger partial charge in [-0.05, 0) is 12.8 Å². The van der Waals surface area contributed by atoms with E-state index in [0.717, 1.165) is 30.6 Å². The number of ether oxygens (including phenoxy) is 1. The zero-order valence-electron chi connectivity index (χ0n) is 7.59. The lowest BCUT2D eigenvalue weighted by Crippen LogP contribution is -2.12. The topological polar surface area (TPSA) is 26.3 Å². The molecule has 0 aromatic rings. The van der Waals surface area contributed by atoms with E-state index in [2.05, 4.69) is 28.9 Å². The molecule has 0 amide bonds. The van der Waals surface area contributed by atoms with Gasteiger partial charge in [0.25, 0.3) is 0 Å². The Bertz CT molecular complexity index is 218. The van der Waals surface area contributed by atoms with Gasteiger partial charge in [0.1, 0.15) is 9.94 Å². The van der Waals surface area contributed by atoms with E-state index in [4.69, 9.17) is 4.74 Å². The quantitative estimate of drug-likeness (QED) is 0.434. The Kier molecular flexibility index (Phi) is 4.49. The number of hydrogen-bond acceptors (Lipinski definition) is 3. The van der Waals surface area contributed by atoms with Crippen molar-refractivity contribution in [1.82, 2.24) is 0 Å². The van der Waals surface area contributed by atoms with Crippen LogP contribution in [0.2, 0.25) is 0 Å². The Hall–Kier alpha value is 0.200. The molecule has 0 saturated heterocycles. The highest BCUT2D eigenvalue weighted by atomic mass is 79.9. The minimum Gasteiger partial charge on any atom is -0.376 e. The predicted octanol–water partition coefficient (Wildman–Crippen LogP) is 2.72. The van der Waals surface area contributed by atoms with Crippen LogP contribution in [0.25, 0.3) is 0 Å². The zero-order valence-corrected chi connectivity index (χ0v) is 9.99. The van der Waals surface area contributed by atoms with Gasteiger partial charge in [0.2, 0.25) is 0 Å². The average Bonchev–Trinajstić information content (AvgIpc) is 2.50. The molecule has 1 unspecified atom stereocenters. The lowest BCUT2D eigenvalue weighted by molar-refractivity contribution is -0.107. The number of allylic oxidation sites excluding steroid dienone is 1. The Morgan fingerprint density at radius 1 is 1.85 bits per heavy atom. The summed E-state index contributed by atoms with van der Waals surface area (Å²) in [5, 5.41) is 0. The summed E-state index contributed by atoms with van der Waals surface area (Å²) in [6, 6.07) is 0. The number of rotatable bonds is 5. The van der Waals surface area contributed by atoms with Crippen LogP contribution in [-0.4, -0.2) is 23.2 Å². The van der Waals surface area contributed by atoms with E-state index >= 15 is 0 Å². The van der Waals surface area contributed by atoms with Crippen LogP contribution >= 0.6 is 27.7 Å². The van der Waals surface area contributed by atoms with Crippen LogP contribution in [0.4, 0.5) is 0 Å². The molecular formula is C9H13BrO2S. The molecule has 0 spiro atoms. The minimum absolute atomic E-state index is 0.419. The molecule has 0 N–H and O–H groups in total. The predicted molar refractivity (Wildman–Crippen MR) is 59.1 cm³/mol. The summed E-state index contributed by atoms with van der Waals surface area (Å²) in [5.74, 6) is 0. The lowest BCUT2D eigenvalue weighted by Gasteiger charge is -2.12. The highest BCUT2D eigenvalue weighted by Crippen LogP contribution is 2.45. The van der Waals surface area contributed by atoms with E-state index in [-0.39, 0.29) is 0 Å². The summed E-state index contributed by atoms with van der Waals surface area (Å²) in [6.45, 7) is 3.50. The Morgan fingerprint density at radius 3 is 3.15 bits per heavy atom. The highest BCUT2D eigenvalue weighted by molar-refractivity contribution is 9.12. The average molecular weight is 265 g/mol. The van der Waals surface area contributed by atoms with Gasteiger partial charge in [0.05, 0.1) is 6.61 Å². The molecule has 0 saturated carbocycles. The number of alkyl halides is 1. The number of halogens is 1. The molecule has 1 aliphatic heterocycles. The smallest absolute Gasteiger partial charge is 0.147 e. The first-order valence-corrected chi connectivity index (χ1v) is 5.92. The van der Waals surface area contributed by atoms with Crippen LogP contribution in [0, 0.1) is 0 Å². The molecule has 2 nitrogen and oxygen atoms in total. The lowest BCUT2D eigenvalue weighted by atomic mass is 10.3. The summed E-state index contributed by atoms with van der Waals surface area (Å²) >= 11 is 4.93. The van der Waals surface area contributed by atoms with Gasteiger partial charge >= 0.3 is 0 Å². The standard InChI is InChI=1S/C9H13BrO2S/c1-2-5-12-6-8-3-4-9(10,7-11)13-8/h3,7H,2,4-6H2,1H3. The van der Waals surface area contributed by atoms with Crippen molar-refractivity contribution in [3.8, 4) is 0 Å². The van der Waals surface area contributed by atoms with Crippen molar-refractivity contribution in [3.05, 3.63) is 11.0 Å². The summed E-state index contributed by atoms with van der Waals surface area (Å²) in [5.41, 5.74) is 0. The number of hydrogen-bond donors (Lipinski definition) is 0. The van der Waals surface area contributed by atoms with Gasteiger partial charge in [-0.3, -0.25) is 0 Å². The molecule has 1 rings (SSSR count). The van der Waals surface area contributed by atoms with Crippen LogP contribution < -0.4 is 0 Å². The fourth-order valence-corrected chi connectivity index (χ4v) is 2.78. The molecule has 13 heavy (non-hydrogen) atoms. The van der Waals surface area contributed by atoms with Crippen LogP contribution in [0.5, 0.6) is 0 Å². The van der Waals surface area contributed by atoms with Crippen LogP contribution in [-0.2, 0) is 9.53 Å². The van der Waals surface area contributed by atoms with E-state index in [9.17, 15) is 4.79 Å². The molecule has 0 bridgehead atoms. The van der Waals surface area contributed by atoms with Crippen LogP contribution in [0.3, 0.4) is 0 Å².